The van der Waals surface area contributed by atoms with Crippen molar-refractivity contribution < 1.29 is 19.0 Å². The fourth-order valence-electron chi connectivity index (χ4n) is 4.37. The molecule has 1 aromatic rings. The second-order valence-electron chi connectivity index (χ2n) is 8.62. The third-order valence-electron chi connectivity index (χ3n) is 6.12. The van der Waals surface area contributed by atoms with E-state index in [0.717, 1.165) is 37.9 Å². The first kappa shape index (κ1) is 24.7. The maximum Gasteiger partial charge on any atom is 0.306 e. The molecule has 0 spiro atoms. The van der Waals surface area contributed by atoms with Gasteiger partial charge in [-0.3, -0.25) is 4.79 Å². The van der Waals surface area contributed by atoms with Crippen LogP contribution in [0.4, 0.5) is 0 Å². The number of hydrogen-bond acceptors (Lipinski definition) is 4. The molecule has 170 valence electrons. The molecule has 4 heteroatoms. The lowest BCUT2D eigenvalue weighted by Crippen LogP contribution is -2.28. The van der Waals surface area contributed by atoms with Crippen LogP contribution in [0.25, 0.3) is 0 Å². The first-order chi connectivity index (χ1) is 14.7. The Kier molecular flexibility index (Phi) is 12.6. The molecule has 2 rings (SSSR count). The SMILES string of the molecule is CCCCCCCCCCCC(=O)OC1CCCCC1c1ccc(OCOC)cc1. The molecular weight excluding hydrogens is 376 g/mol. The molecule has 1 saturated carbocycles. The molecule has 2 atom stereocenters. The number of benzene rings is 1. The maximum atomic E-state index is 12.4. The van der Waals surface area contributed by atoms with Gasteiger partial charge in [-0.15, -0.1) is 0 Å². The van der Waals surface area contributed by atoms with Gasteiger partial charge in [-0.2, -0.15) is 0 Å². The fourth-order valence-corrected chi connectivity index (χ4v) is 4.37. The number of ether oxygens (including phenoxy) is 3. The van der Waals surface area contributed by atoms with Crippen LogP contribution in [0.5, 0.6) is 5.75 Å². The summed E-state index contributed by atoms with van der Waals surface area (Å²) in [6.45, 7) is 2.51. The minimum atomic E-state index is -0.0186. The number of rotatable bonds is 15. The second-order valence-corrected chi connectivity index (χ2v) is 8.62. The lowest BCUT2D eigenvalue weighted by atomic mass is 9.81. The third-order valence-corrected chi connectivity index (χ3v) is 6.12. The van der Waals surface area contributed by atoms with E-state index in [0.29, 0.717) is 12.3 Å². The molecule has 4 nitrogen and oxygen atoms in total. The first-order valence-electron chi connectivity index (χ1n) is 12.2. The van der Waals surface area contributed by atoms with Gasteiger partial charge in [-0.05, 0) is 43.4 Å². The largest absolute Gasteiger partial charge is 0.468 e. The summed E-state index contributed by atoms with van der Waals surface area (Å²) in [6, 6.07) is 8.15. The van der Waals surface area contributed by atoms with E-state index in [4.69, 9.17) is 14.2 Å². The molecule has 0 aromatic heterocycles. The molecule has 0 bridgehead atoms. The van der Waals surface area contributed by atoms with Crippen molar-refractivity contribution in [2.45, 2.75) is 109 Å². The minimum Gasteiger partial charge on any atom is -0.468 e. The van der Waals surface area contributed by atoms with Crippen molar-refractivity contribution in [2.24, 2.45) is 0 Å². The quantitative estimate of drug-likeness (QED) is 0.172. The molecule has 0 N–H and O–H groups in total. The lowest BCUT2D eigenvalue weighted by Gasteiger charge is -2.31. The third kappa shape index (κ3) is 9.51. The predicted octanol–water partition coefficient (Wildman–Crippen LogP) is 7.16. The van der Waals surface area contributed by atoms with Crippen molar-refractivity contribution in [1.29, 1.82) is 0 Å². The number of carbonyl (C=O) groups excluding carboxylic acids is 1. The number of unbranched alkanes of at least 4 members (excludes halogenated alkanes) is 8. The Morgan fingerprint density at radius 1 is 0.900 bits per heavy atom. The van der Waals surface area contributed by atoms with Gasteiger partial charge in [0, 0.05) is 19.4 Å². The highest BCUT2D eigenvalue weighted by Gasteiger charge is 2.29. The normalized spacial score (nSPS) is 18.9. The Balaban J connectivity index is 1.68. The zero-order valence-corrected chi connectivity index (χ0v) is 19.2. The van der Waals surface area contributed by atoms with Crippen molar-refractivity contribution in [3.63, 3.8) is 0 Å². The van der Waals surface area contributed by atoms with Crippen LogP contribution in [0, 0.1) is 0 Å². The van der Waals surface area contributed by atoms with Crippen molar-refractivity contribution in [1.82, 2.24) is 0 Å². The summed E-state index contributed by atoms with van der Waals surface area (Å²) < 4.78 is 16.4. The molecule has 0 heterocycles. The highest BCUT2D eigenvalue weighted by atomic mass is 16.7. The summed E-state index contributed by atoms with van der Waals surface area (Å²) in [7, 11) is 1.62. The molecule has 1 aliphatic carbocycles. The monoisotopic (exact) mass is 418 g/mol. The van der Waals surface area contributed by atoms with E-state index in [1.807, 2.05) is 12.1 Å². The summed E-state index contributed by atoms with van der Waals surface area (Å²) in [5.41, 5.74) is 1.24. The van der Waals surface area contributed by atoms with Crippen molar-refractivity contribution in [2.75, 3.05) is 13.9 Å². The Bertz CT molecular complexity index is 569. The lowest BCUT2D eigenvalue weighted by molar-refractivity contribution is -0.151. The highest BCUT2D eigenvalue weighted by molar-refractivity contribution is 5.69. The molecule has 1 aromatic carbocycles. The number of esters is 1. The predicted molar refractivity (Wildman–Crippen MR) is 122 cm³/mol. The Labute approximate surface area is 183 Å². The summed E-state index contributed by atoms with van der Waals surface area (Å²) in [5, 5.41) is 0. The van der Waals surface area contributed by atoms with Gasteiger partial charge in [0.1, 0.15) is 11.9 Å². The zero-order valence-electron chi connectivity index (χ0n) is 19.2. The number of hydrogen-bond donors (Lipinski definition) is 0. The van der Waals surface area contributed by atoms with Crippen LogP contribution in [0.2, 0.25) is 0 Å². The Hall–Kier alpha value is -1.55. The average molecular weight is 419 g/mol. The van der Waals surface area contributed by atoms with Crippen LogP contribution >= 0.6 is 0 Å². The van der Waals surface area contributed by atoms with Crippen molar-refractivity contribution in [3.8, 4) is 5.75 Å². The van der Waals surface area contributed by atoms with Crippen molar-refractivity contribution >= 4 is 5.97 Å². The van der Waals surface area contributed by atoms with Gasteiger partial charge < -0.3 is 14.2 Å². The van der Waals surface area contributed by atoms with Crippen LogP contribution in [-0.2, 0) is 14.3 Å². The van der Waals surface area contributed by atoms with E-state index in [-0.39, 0.29) is 18.9 Å². The van der Waals surface area contributed by atoms with Crippen LogP contribution < -0.4 is 4.74 Å². The van der Waals surface area contributed by atoms with Crippen LogP contribution in [0.1, 0.15) is 108 Å². The molecule has 1 fully saturated rings. The minimum absolute atomic E-state index is 0.00978. The molecule has 30 heavy (non-hydrogen) atoms. The second kappa shape index (κ2) is 15.3. The summed E-state index contributed by atoms with van der Waals surface area (Å²) in [5.74, 6) is 1.08. The van der Waals surface area contributed by atoms with Crippen LogP contribution in [-0.4, -0.2) is 26.0 Å². The molecule has 0 saturated heterocycles. The molecule has 1 aliphatic rings. The van der Waals surface area contributed by atoms with Gasteiger partial charge in [0.15, 0.2) is 6.79 Å². The Morgan fingerprint density at radius 2 is 1.53 bits per heavy atom. The summed E-state index contributed by atoms with van der Waals surface area (Å²) in [6.07, 6.45) is 16.3. The van der Waals surface area contributed by atoms with Gasteiger partial charge in [-0.1, -0.05) is 76.8 Å². The highest BCUT2D eigenvalue weighted by Crippen LogP contribution is 2.36. The zero-order chi connectivity index (χ0) is 21.4. The fraction of sp³-hybridized carbons (Fsp3) is 0.731. The van der Waals surface area contributed by atoms with Gasteiger partial charge in [-0.25, -0.2) is 0 Å². The summed E-state index contributed by atoms with van der Waals surface area (Å²) >= 11 is 0. The Morgan fingerprint density at radius 3 is 2.20 bits per heavy atom. The van der Waals surface area contributed by atoms with Crippen LogP contribution in [0.15, 0.2) is 24.3 Å². The van der Waals surface area contributed by atoms with E-state index < -0.39 is 0 Å². The number of methoxy groups -OCH3 is 1. The van der Waals surface area contributed by atoms with Crippen molar-refractivity contribution in [3.05, 3.63) is 29.8 Å². The van der Waals surface area contributed by atoms with E-state index in [1.54, 1.807) is 7.11 Å². The van der Waals surface area contributed by atoms with Crippen LogP contribution in [0.3, 0.4) is 0 Å². The van der Waals surface area contributed by atoms with Gasteiger partial charge in [0.2, 0.25) is 0 Å². The smallest absolute Gasteiger partial charge is 0.306 e. The molecule has 0 amide bonds. The van der Waals surface area contributed by atoms with Gasteiger partial charge in [0.05, 0.1) is 0 Å². The van der Waals surface area contributed by atoms with Gasteiger partial charge >= 0.3 is 5.97 Å². The van der Waals surface area contributed by atoms with E-state index in [1.165, 1.54) is 56.9 Å². The van der Waals surface area contributed by atoms with E-state index >= 15 is 0 Å². The van der Waals surface area contributed by atoms with Gasteiger partial charge in [0.25, 0.3) is 0 Å². The molecule has 2 unspecified atom stereocenters. The van der Waals surface area contributed by atoms with E-state index in [2.05, 4.69) is 19.1 Å². The number of carbonyl (C=O) groups is 1. The first-order valence-corrected chi connectivity index (χ1v) is 12.2. The standard InChI is InChI=1S/C26H42O4/c1-3-4-5-6-7-8-9-10-11-16-26(27)30-25-15-13-12-14-24(25)22-17-19-23(20-18-22)29-21-28-2/h17-20,24-25H,3-16,21H2,1-2H3. The maximum absolute atomic E-state index is 12.4. The summed E-state index contributed by atoms with van der Waals surface area (Å²) in [4.78, 5) is 12.4. The topological polar surface area (TPSA) is 44.8 Å². The van der Waals surface area contributed by atoms with E-state index in [9.17, 15) is 4.79 Å². The molecular formula is C26H42O4. The molecule has 0 aliphatic heterocycles. The molecule has 0 radical (unpaired) electrons. The average Bonchev–Trinajstić information content (AvgIpc) is 2.77.